The number of amides is 1. The van der Waals surface area contributed by atoms with Crippen molar-refractivity contribution in [2.24, 2.45) is 5.92 Å². The third-order valence-electron chi connectivity index (χ3n) is 5.96. The van der Waals surface area contributed by atoms with Crippen molar-refractivity contribution in [3.05, 3.63) is 60.0 Å². The van der Waals surface area contributed by atoms with E-state index in [0.29, 0.717) is 35.2 Å². The van der Waals surface area contributed by atoms with E-state index in [0.717, 1.165) is 16.9 Å². The lowest BCUT2D eigenvalue weighted by Gasteiger charge is -2.29. The number of nitrogens with zero attached hydrogens (tertiary/aromatic N) is 2. The zero-order valence-electron chi connectivity index (χ0n) is 20.3. The number of aromatic amines is 1. The molecular weight excluding hydrogens is 444 g/mol. The fraction of sp³-hybridized carbons (Fsp3) is 0.370. The third-order valence-corrected chi connectivity index (χ3v) is 5.96. The van der Waals surface area contributed by atoms with E-state index >= 15 is 0 Å². The maximum atomic E-state index is 13.4. The number of hydrogen-bond acceptors (Lipinski definition) is 6. The van der Waals surface area contributed by atoms with Crippen LogP contribution in [0.1, 0.15) is 49.7 Å². The van der Waals surface area contributed by atoms with Crippen LogP contribution in [0.3, 0.4) is 0 Å². The summed E-state index contributed by atoms with van der Waals surface area (Å²) in [6, 6.07) is 11.6. The molecule has 1 aliphatic carbocycles. The number of pyridine rings is 1. The van der Waals surface area contributed by atoms with Crippen molar-refractivity contribution in [3.63, 3.8) is 0 Å². The van der Waals surface area contributed by atoms with Crippen LogP contribution in [0, 0.1) is 5.92 Å². The van der Waals surface area contributed by atoms with E-state index in [1.807, 2.05) is 57.2 Å². The highest BCUT2D eigenvalue weighted by molar-refractivity contribution is 6.09. The fourth-order valence-electron chi connectivity index (χ4n) is 4.12. The van der Waals surface area contributed by atoms with Gasteiger partial charge in [0.25, 0.3) is 0 Å². The van der Waals surface area contributed by atoms with Crippen LogP contribution in [0.4, 0.5) is 16.2 Å². The van der Waals surface area contributed by atoms with Crippen LogP contribution in [0.25, 0.3) is 11.3 Å². The molecule has 1 aromatic carbocycles. The second-order valence-electron chi connectivity index (χ2n) is 10.1. The highest BCUT2D eigenvalue weighted by Crippen LogP contribution is 2.41. The summed E-state index contributed by atoms with van der Waals surface area (Å²) in [5, 5.41) is 3.43. The number of aromatic nitrogens is 2. The zero-order chi connectivity index (χ0) is 24.6. The number of ketones is 1. The average Bonchev–Trinajstić information content (AvgIpc) is 3.58. The van der Waals surface area contributed by atoms with Crippen molar-refractivity contribution in [1.82, 2.24) is 14.9 Å². The monoisotopic (exact) mass is 474 g/mol. The average molecular weight is 475 g/mol. The minimum Gasteiger partial charge on any atom is -0.491 e. The van der Waals surface area contributed by atoms with Gasteiger partial charge in [0.1, 0.15) is 11.4 Å². The van der Waals surface area contributed by atoms with Crippen LogP contribution in [-0.2, 0) is 11.3 Å². The second-order valence-corrected chi connectivity index (χ2v) is 10.1. The van der Waals surface area contributed by atoms with Gasteiger partial charge >= 0.3 is 6.09 Å². The van der Waals surface area contributed by atoms with Crippen LogP contribution in [0.2, 0.25) is 0 Å². The number of nitrogens with one attached hydrogen (secondary N) is 2. The first kappa shape index (κ1) is 23.0. The van der Waals surface area contributed by atoms with Gasteiger partial charge in [-0.2, -0.15) is 0 Å². The molecule has 0 spiro atoms. The molecule has 2 aromatic heterocycles. The van der Waals surface area contributed by atoms with Crippen molar-refractivity contribution in [3.8, 4) is 17.0 Å². The molecule has 3 heterocycles. The molecule has 1 aliphatic heterocycles. The van der Waals surface area contributed by atoms with Gasteiger partial charge in [0, 0.05) is 23.1 Å². The minimum atomic E-state index is -0.647. The summed E-state index contributed by atoms with van der Waals surface area (Å²) in [5.41, 5.74) is 3.62. The maximum Gasteiger partial charge on any atom is 0.411 e. The summed E-state index contributed by atoms with van der Waals surface area (Å²) in [7, 11) is 0. The Morgan fingerprint density at radius 3 is 2.66 bits per heavy atom. The van der Waals surface area contributed by atoms with Gasteiger partial charge < -0.3 is 19.8 Å². The number of benzene rings is 1. The largest absolute Gasteiger partial charge is 0.491 e. The molecule has 5 rings (SSSR count). The van der Waals surface area contributed by atoms with E-state index in [4.69, 9.17) is 9.47 Å². The van der Waals surface area contributed by atoms with Crippen LogP contribution < -0.4 is 10.1 Å². The van der Waals surface area contributed by atoms with Gasteiger partial charge in [-0.1, -0.05) is 18.2 Å². The topological polar surface area (TPSA) is 96.5 Å². The Hall–Kier alpha value is -3.81. The number of anilines is 2. The first-order valence-corrected chi connectivity index (χ1v) is 11.9. The molecule has 8 heteroatoms. The van der Waals surface area contributed by atoms with E-state index in [-0.39, 0.29) is 18.9 Å². The minimum absolute atomic E-state index is 0.0515. The summed E-state index contributed by atoms with van der Waals surface area (Å²) in [6.07, 6.45) is 5.27. The van der Waals surface area contributed by atoms with E-state index in [1.165, 1.54) is 17.7 Å². The molecule has 8 nitrogen and oxygen atoms in total. The van der Waals surface area contributed by atoms with Gasteiger partial charge in [-0.05, 0) is 57.7 Å². The first-order chi connectivity index (χ1) is 16.8. The normalized spacial score (nSPS) is 15.5. The van der Waals surface area contributed by atoms with Gasteiger partial charge in [-0.15, -0.1) is 0 Å². The Kier molecular flexibility index (Phi) is 5.96. The number of H-pyrrole nitrogens is 1. The van der Waals surface area contributed by atoms with Crippen molar-refractivity contribution in [2.75, 3.05) is 18.5 Å². The van der Waals surface area contributed by atoms with Gasteiger partial charge in [0.15, 0.2) is 5.78 Å². The smallest absolute Gasteiger partial charge is 0.411 e. The molecule has 0 bridgehead atoms. The Bertz CT molecular complexity index is 1240. The van der Waals surface area contributed by atoms with Crippen LogP contribution in [0.15, 0.2) is 48.8 Å². The molecule has 1 saturated carbocycles. The quantitative estimate of drug-likeness (QED) is 0.487. The number of carbonyl (C=O) groups excluding carboxylic acids is 2. The summed E-state index contributed by atoms with van der Waals surface area (Å²) in [4.78, 5) is 35.2. The summed E-state index contributed by atoms with van der Waals surface area (Å²) < 4.78 is 11.6. The summed E-state index contributed by atoms with van der Waals surface area (Å²) >= 11 is 0. The van der Waals surface area contributed by atoms with Gasteiger partial charge in [-0.3, -0.25) is 14.7 Å². The molecule has 182 valence electrons. The van der Waals surface area contributed by atoms with Gasteiger partial charge in [-0.25, -0.2) is 4.79 Å². The molecular formula is C27H30N4O4. The van der Waals surface area contributed by atoms with Crippen LogP contribution in [-0.4, -0.2) is 45.5 Å². The number of ether oxygens (including phenoxy) is 2. The molecule has 0 unspecified atom stereocenters. The lowest BCUT2D eigenvalue weighted by atomic mass is 10.0. The molecule has 0 saturated heterocycles. The van der Waals surface area contributed by atoms with Gasteiger partial charge in [0.2, 0.25) is 0 Å². The highest BCUT2D eigenvalue weighted by atomic mass is 16.6. The van der Waals surface area contributed by atoms with Crippen molar-refractivity contribution >= 4 is 23.3 Å². The third kappa shape index (κ3) is 5.16. The zero-order valence-corrected chi connectivity index (χ0v) is 20.3. The fourth-order valence-corrected chi connectivity index (χ4v) is 4.12. The van der Waals surface area contributed by atoms with Crippen molar-refractivity contribution in [1.29, 1.82) is 0 Å². The predicted molar refractivity (Wildman–Crippen MR) is 133 cm³/mol. The van der Waals surface area contributed by atoms with E-state index in [9.17, 15) is 9.59 Å². The maximum absolute atomic E-state index is 13.4. The predicted octanol–water partition coefficient (Wildman–Crippen LogP) is 5.54. The number of rotatable bonds is 6. The van der Waals surface area contributed by atoms with Gasteiger partial charge in [0.05, 0.1) is 42.8 Å². The van der Waals surface area contributed by atoms with E-state index in [2.05, 4.69) is 15.3 Å². The van der Waals surface area contributed by atoms with E-state index < -0.39 is 11.7 Å². The molecule has 0 atom stereocenters. The van der Waals surface area contributed by atoms with Crippen LogP contribution in [0.5, 0.6) is 5.75 Å². The lowest BCUT2D eigenvalue weighted by Crippen LogP contribution is -2.42. The van der Waals surface area contributed by atoms with Crippen molar-refractivity contribution < 1.29 is 19.1 Å². The standard InChI is InChI=1S/C27H30N4O4/c1-27(2,3)35-26(33)31-14-20-23(21(32)15-31)25(29-18-7-5-4-6-8-18)24(30-20)19-11-12-28-13-22(19)34-16-17-9-10-17/h4-8,11-13,17,29-30H,9-10,14-16H2,1-3H3. The molecule has 2 N–H and O–H groups in total. The highest BCUT2D eigenvalue weighted by Gasteiger charge is 2.35. The number of hydrogen-bond donors (Lipinski definition) is 2. The summed E-state index contributed by atoms with van der Waals surface area (Å²) in [5.74, 6) is 1.09. The number of Topliss-reactive ketones (excluding diaryl/α,β-unsaturated/α-hetero) is 1. The Balaban J connectivity index is 1.55. The SMILES string of the molecule is CC(C)(C)OC(=O)N1CC(=O)c2c([nH]c(-c3ccncc3OCC3CC3)c2Nc2ccccc2)C1. The number of carbonyl (C=O) groups is 2. The molecule has 2 aliphatic rings. The van der Waals surface area contributed by atoms with Crippen LogP contribution >= 0.6 is 0 Å². The Labute approximate surface area is 204 Å². The lowest BCUT2D eigenvalue weighted by molar-refractivity contribution is 0.0218. The van der Waals surface area contributed by atoms with Crippen molar-refractivity contribution in [2.45, 2.75) is 45.8 Å². The Morgan fingerprint density at radius 2 is 1.94 bits per heavy atom. The number of para-hydroxylation sites is 1. The van der Waals surface area contributed by atoms with E-state index in [1.54, 1.807) is 12.4 Å². The number of fused-ring (bicyclic) bond motifs is 1. The molecule has 1 amide bonds. The molecule has 3 aromatic rings. The first-order valence-electron chi connectivity index (χ1n) is 11.9. The Morgan fingerprint density at radius 1 is 1.17 bits per heavy atom. The second kappa shape index (κ2) is 9.09. The molecule has 35 heavy (non-hydrogen) atoms. The molecule has 1 fully saturated rings. The summed E-state index contributed by atoms with van der Waals surface area (Å²) in [6.45, 7) is 6.26. The molecule has 0 radical (unpaired) electrons.